The molecule has 1 heterocycles. The fourth-order valence-corrected chi connectivity index (χ4v) is 1.84. The van der Waals surface area contributed by atoms with Crippen LogP contribution in [0.1, 0.15) is 18.1 Å². The van der Waals surface area contributed by atoms with Crippen molar-refractivity contribution in [2.75, 3.05) is 0 Å². The highest BCUT2D eigenvalue weighted by Crippen LogP contribution is 2.17. The van der Waals surface area contributed by atoms with Crippen molar-refractivity contribution in [2.24, 2.45) is 12.8 Å². The molecule has 3 N–H and O–H groups in total. The van der Waals surface area contributed by atoms with E-state index in [0.717, 1.165) is 11.1 Å². The monoisotopic (exact) mass is 258 g/mol. The summed E-state index contributed by atoms with van der Waals surface area (Å²) in [5, 5.41) is 6.88. The molecule has 0 radical (unpaired) electrons. The van der Waals surface area contributed by atoms with Crippen molar-refractivity contribution in [3.05, 3.63) is 53.9 Å². The van der Waals surface area contributed by atoms with Crippen LogP contribution in [-0.4, -0.2) is 15.7 Å². The van der Waals surface area contributed by atoms with Crippen LogP contribution < -0.4 is 11.1 Å². The molecule has 0 aliphatic heterocycles. The Morgan fingerprint density at radius 2 is 2.11 bits per heavy atom. The fraction of sp³-hybridized carbons (Fsp3) is 0.286. The maximum absolute atomic E-state index is 12.2. The number of carbonyl (C=O) groups excluding carboxylic acids is 1. The molecule has 2 aromatic rings. The Hall–Kier alpha value is -2.14. The van der Waals surface area contributed by atoms with E-state index >= 15 is 0 Å². The number of amides is 1. The molecule has 100 valence electrons. The first kappa shape index (κ1) is 13.3. The first-order chi connectivity index (χ1) is 9.00. The van der Waals surface area contributed by atoms with Gasteiger partial charge in [0.1, 0.15) is 5.54 Å². The Kier molecular flexibility index (Phi) is 3.66. The van der Waals surface area contributed by atoms with E-state index in [9.17, 15) is 4.79 Å². The standard InChI is InChI=1S/C14H18N4O/c1-14(15,12-6-4-3-5-7-12)13(19)16-8-11-9-17-18(2)10-11/h3-7,9-10H,8,15H2,1-2H3,(H,16,19). The topological polar surface area (TPSA) is 72.9 Å². The summed E-state index contributed by atoms with van der Waals surface area (Å²) in [7, 11) is 1.84. The Morgan fingerprint density at radius 1 is 1.42 bits per heavy atom. The highest BCUT2D eigenvalue weighted by atomic mass is 16.2. The first-order valence-electron chi connectivity index (χ1n) is 6.10. The van der Waals surface area contributed by atoms with Crippen LogP contribution in [0.3, 0.4) is 0 Å². The molecule has 0 saturated carbocycles. The fourth-order valence-electron chi connectivity index (χ4n) is 1.84. The predicted molar refractivity (Wildman–Crippen MR) is 73.0 cm³/mol. The van der Waals surface area contributed by atoms with Crippen molar-refractivity contribution in [3.8, 4) is 0 Å². The van der Waals surface area contributed by atoms with Crippen molar-refractivity contribution in [1.82, 2.24) is 15.1 Å². The lowest BCUT2D eigenvalue weighted by atomic mass is 9.92. The maximum atomic E-state index is 12.2. The van der Waals surface area contributed by atoms with E-state index < -0.39 is 5.54 Å². The average molecular weight is 258 g/mol. The summed E-state index contributed by atoms with van der Waals surface area (Å²) in [4.78, 5) is 12.2. The minimum Gasteiger partial charge on any atom is -0.350 e. The minimum atomic E-state index is -1.04. The second-order valence-corrected chi connectivity index (χ2v) is 4.77. The number of aromatic nitrogens is 2. The number of hydrogen-bond acceptors (Lipinski definition) is 3. The lowest BCUT2D eigenvalue weighted by Gasteiger charge is -2.23. The predicted octanol–water partition coefficient (Wildman–Crippen LogP) is 0.910. The van der Waals surface area contributed by atoms with Gasteiger partial charge >= 0.3 is 0 Å². The van der Waals surface area contributed by atoms with Crippen LogP contribution in [0.4, 0.5) is 0 Å². The zero-order valence-electron chi connectivity index (χ0n) is 11.1. The Morgan fingerprint density at radius 3 is 2.68 bits per heavy atom. The lowest BCUT2D eigenvalue weighted by molar-refractivity contribution is -0.126. The minimum absolute atomic E-state index is 0.206. The number of benzene rings is 1. The molecular weight excluding hydrogens is 240 g/mol. The number of nitrogens with one attached hydrogen (secondary N) is 1. The molecule has 0 bridgehead atoms. The van der Waals surface area contributed by atoms with E-state index in [0.29, 0.717) is 6.54 Å². The molecule has 0 spiro atoms. The molecule has 0 saturated heterocycles. The van der Waals surface area contributed by atoms with Gasteiger partial charge in [0.25, 0.3) is 0 Å². The second-order valence-electron chi connectivity index (χ2n) is 4.77. The van der Waals surface area contributed by atoms with Crippen molar-refractivity contribution in [1.29, 1.82) is 0 Å². The van der Waals surface area contributed by atoms with Crippen LogP contribution in [0.15, 0.2) is 42.7 Å². The zero-order valence-corrected chi connectivity index (χ0v) is 11.1. The summed E-state index contributed by atoms with van der Waals surface area (Å²) in [5.41, 5.74) is 6.81. The first-order valence-corrected chi connectivity index (χ1v) is 6.10. The molecule has 1 unspecified atom stereocenters. The van der Waals surface area contributed by atoms with Gasteiger partial charge in [-0.3, -0.25) is 9.48 Å². The van der Waals surface area contributed by atoms with Gasteiger partial charge in [-0.1, -0.05) is 30.3 Å². The maximum Gasteiger partial charge on any atom is 0.244 e. The van der Waals surface area contributed by atoms with Gasteiger partial charge in [-0.2, -0.15) is 5.10 Å². The van der Waals surface area contributed by atoms with Crippen LogP contribution in [-0.2, 0) is 23.9 Å². The summed E-state index contributed by atoms with van der Waals surface area (Å²) in [6, 6.07) is 9.34. The van der Waals surface area contributed by atoms with Crippen molar-refractivity contribution in [3.63, 3.8) is 0 Å². The van der Waals surface area contributed by atoms with Crippen LogP contribution in [0.2, 0.25) is 0 Å². The molecule has 5 nitrogen and oxygen atoms in total. The van der Waals surface area contributed by atoms with E-state index in [1.165, 1.54) is 0 Å². The average Bonchev–Trinajstić information content (AvgIpc) is 2.82. The van der Waals surface area contributed by atoms with E-state index in [-0.39, 0.29) is 5.91 Å². The number of aryl methyl sites for hydroxylation is 1. The number of nitrogens with two attached hydrogens (primary N) is 1. The van der Waals surface area contributed by atoms with Gasteiger partial charge < -0.3 is 11.1 Å². The number of rotatable bonds is 4. The Labute approximate surface area is 112 Å². The Balaban J connectivity index is 2.03. The van der Waals surface area contributed by atoms with Gasteiger partial charge in [-0.15, -0.1) is 0 Å². The molecule has 2 rings (SSSR count). The van der Waals surface area contributed by atoms with E-state index in [2.05, 4.69) is 10.4 Å². The van der Waals surface area contributed by atoms with Gasteiger partial charge in [0.2, 0.25) is 5.91 Å². The molecule has 1 aromatic heterocycles. The molecule has 0 fully saturated rings. The molecule has 19 heavy (non-hydrogen) atoms. The van der Waals surface area contributed by atoms with Crippen molar-refractivity contribution >= 4 is 5.91 Å². The molecule has 1 atom stereocenters. The summed E-state index contributed by atoms with van der Waals surface area (Å²) in [5.74, 6) is -0.206. The number of nitrogens with zero attached hydrogens (tertiary/aromatic N) is 2. The molecule has 1 amide bonds. The third kappa shape index (κ3) is 3.00. The molecule has 1 aromatic carbocycles. The van der Waals surface area contributed by atoms with Gasteiger partial charge in [0.15, 0.2) is 0 Å². The van der Waals surface area contributed by atoms with Gasteiger partial charge in [0.05, 0.1) is 6.20 Å². The molecule has 0 aliphatic carbocycles. The molecule has 0 aliphatic rings. The quantitative estimate of drug-likeness (QED) is 0.856. The summed E-state index contributed by atoms with van der Waals surface area (Å²) >= 11 is 0. The highest BCUT2D eigenvalue weighted by Gasteiger charge is 2.29. The van der Waals surface area contributed by atoms with Crippen LogP contribution in [0.25, 0.3) is 0 Å². The van der Waals surface area contributed by atoms with Gasteiger partial charge in [0, 0.05) is 25.4 Å². The van der Waals surface area contributed by atoms with Crippen molar-refractivity contribution in [2.45, 2.75) is 19.0 Å². The van der Waals surface area contributed by atoms with Crippen LogP contribution in [0.5, 0.6) is 0 Å². The van der Waals surface area contributed by atoms with Crippen LogP contribution >= 0.6 is 0 Å². The highest BCUT2D eigenvalue weighted by molar-refractivity contribution is 5.86. The summed E-state index contributed by atoms with van der Waals surface area (Å²) < 4.78 is 1.69. The summed E-state index contributed by atoms with van der Waals surface area (Å²) in [6.07, 6.45) is 3.58. The van der Waals surface area contributed by atoms with Gasteiger partial charge in [-0.25, -0.2) is 0 Å². The third-order valence-electron chi connectivity index (χ3n) is 3.06. The van der Waals surface area contributed by atoms with Crippen LogP contribution in [0, 0.1) is 0 Å². The second kappa shape index (κ2) is 5.24. The third-order valence-corrected chi connectivity index (χ3v) is 3.06. The number of hydrogen-bond donors (Lipinski definition) is 2. The van der Waals surface area contributed by atoms with Gasteiger partial charge in [-0.05, 0) is 12.5 Å². The largest absolute Gasteiger partial charge is 0.350 e. The lowest BCUT2D eigenvalue weighted by Crippen LogP contribution is -2.48. The molecule has 5 heteroatoms. The normalized spacial score (nSPS) is 13.8. The van der Waals surface area contributed by atoms with Crippen molar-refractivity contribution < 1.29 is 4.79 Å². The smallest absolute Gasteiger partial charge is 0.244 e. The SMILES string of the molecule is Cn1cc(CNC(=O)C(C)(N)c2ccccc2)cn1. The molecular formula is C14H18N4O. The summed E-state index contributed by atoms with van der Waals surface area (Å²) in [6.45, 7) is 2.13. The zero-order chi connectivity index (χ0) is 13.9. The Bertz CT molecular complexity index is 560. The van der Waals surface area contributed by atoms with E-state index in [1.54, 1.807) is 17.8 Å². The van der Waals surface area contributed by atoms with E-state index in [4.69, 9.17) is 5.73 Å². The number of carbonyl (C=O) groups is 1. The van der Waals surface area contributed by atoms with E-state index in [1.807, 2.05) is 43.6 Å².